The van der Waals surface area contributed by atoms with Gasteiger partial charge < -0.3 is 4.74 Å². The summed E-state index contributed by atoms with van der Waals surface area (Å²) in [6, 6.07) is 13.1. The number of hydrogen-bond acceptors (Lipinski definition) is 1. The van der Waals surface area contributed by atoms with Gasteiger partial charge in [0.25, 0.3) is 0 Å². The Morgan fingerprint density at radius 1 is 1.18 bits per heavy atom. The van der Waals surface area contributed by atoms with Gasteiger partial charge in [-0.3, -0.25) is 0 Å². The zero-order valence-electron chi connectivity index (χ0n) is 10.1. The number of methoxy groups -OCH3 is 1. The van der Waals surface area contributed by atoms with Gasteiger partial charge in [0.2, 0.25) is 0 Å². The van der Waals surface area contributed by atoms with E-state index in [1.165, 1.54) is 21.9 Å². The second-order valence-electron chi connectivity index (χ2n) is 4.21. The highest BCUT2D eigenvalue weighted by molar-refractivity contribution is 9.08. The zero-order valence-corrected chi connectivity index (χ0v) is 11.7. The first kappa shape index (κ1) is 12.6. The molecule has 0 bridgehead atoms. The molecular formula is C15H17BrO. The molecule has 2 aromatic carbocycles. The van der Waals surface area contributed by atoms with E-state index >= 15 is 0 Å². The number of benzene rings is 2. The monoisotopic (exact) mass is 292 g/mol. The molecule has 90 valence electrons. The van der Waals surface area contributed by atoms with Crippen LogP contribution in [0.15, 0.2) is 36.4 Å². The minimum atomic E-state index is 0.826. The molecule has 2 aromatic rings. The molecule has 2 rings (SSSR count). The summed E-state index contributed by atoms with van der Waals surface area (Å²) in [6.07, 6.45) is 2.15. The van der Waals surface area contributed by atoms with Crippen LogP contribution >= 0.6 is 15.9 Å². The maximum absolute atomic E-state index is 5.12. The number of aryl methyl sites for hydroxylation is 1. The lowest BCUT2D eigenvalue weighted by Crippen LogP contribution is -1.95. The fourth-order valence-electron chi connectivity index (χ4n) is 2.15. The number of rotatable bonds is 5. The van der Waals surface area contributed by atoms with Crippen molar-refractivity contribution in [2.75, 3.05) is 13.7 Å². The van der Waals surface area contributed by atoms with Crippen molar-refractivity contribution in [2.45, 2.75) is 18.2 Å². The van der Waals surface area contributed by atoms with E-state index < -0.39 is 0 Å². The Hall–Kier alpha value is -0.860. The van der Waals surface area contributed by atoms with Crippen LogP contribution in [0.25, 0.3) is 10.8 Å². The van der Waals surface area contributed by atoms with Crippen LogP contribution in [0.1, 0.15) is 17.5 Å². The van der Waals surface area contributed by atoms with Gasteiger partial charge in [-0.15, -0.1) is 0 Å². The largest absolute Gasteiger partial charge is 0.385 e. The summed E-state index contributed by atoms with van der Waals surface area (Å²) in [5, 5.41) is 3.61. The van der Waals surface area contributed by atoms with E-state index in [9.17, 15) is 0 Å². The molecule has 0 spiro atoms. The molecule has 0 aliphatic heterocycles. The van der Waals surface area contributed by atoms with Crippen LogP contribution < -0.4 is 0 Å². The molecule has 0 heterocycles. The first-order chi connectivity index (χ1) is 8.35. The summed E-state index contributed by atoms with van der Waals surface area (Å²) in [5.41, 5.74) is 2.77. The molecule has 0 N–H and O–H groups in total. The van der Waals surface area contributed by atoms with E-state index in [0.717, 1.165) is 24.8 Å². The number of hydrogen-bond donors (Lipinski definition) is 0. The van der Waals surface area contributed by atoms with E-state index in [-0.39, 0.29) is 0 Å². The molecule has 0 aliphatic rings. The summed E-state index contributed by atoms with van der Waals surface area (Å²) < 4.78 is 5.12. The summed E-state index contributed by atoms with van der Waals surface area (Å²) in [4.78, 5) is 0. The normalized spacial score (nSPS) is 10.9. The Morgan fingerprint density at radius 3 is 2.76 bits per heavy atom. The molecule has 0 fully saturated rings. The topological polar surface area (TPSA) is 9.23 Å². The Balaban J connectivity index is 2.36. The third kappa shape index (κ3) is 3.08. The standard InChI is InChI=1S/C15H17BrO/c1-17-8-4-6-14-10-12(11-16)9-13-5-2-3-7-15(13)14/h2-3,5,7,9-10H,4,6,8,11H2,1H3. The fraction of sp³-hybridized carbons (Fsp3) is 0.333. The summed E-state index contributed by atoms with van der Waals surface area (Å²) in [7, 11) is 1.76. The van der Waals surface area contributed by atoms with E-state index in [2.05, 4.69) is 52.3 Å². The summed E-state index contributed by atoms with van der Waals surface area (Å²) in [5.74, 6) is 0. The van der Waals surface area contributed by atoms with Gasteiger partial charge in [-0.2, -0.15) is 0 Å². The first-order valence-electron chi connectivity index (χ1n) is 5.90. The third-order valence-electron chi connectivity index (χ3n) is 2.96. The lowest BCUT2D eigenvalue weighted by molar-refractivity contribution is 0.195. The second-order valence-corrected chi connectivity index (χ2v) is 4.77. The maximum atomic E-state index is 5.12. The zero-order chi connectivity index (χ0) is 12.1. The Morgan fingerprint density at radius 2 is 2.00 bits per heavy atom. The molecule has 0 saturated heterocycles. The van der Waals surface area contributed by atoms with E-state index in [4.69, 9.17) is 4.74 Å². The van der Waals surface area contributed by atoms with Gasteiger partial charge in [0.15, 0.2) is 0 Å². The van der Waals surface area contributed by atoms with Crippen molar-refractivity contribution in [3.8, 4) is 0 Å². The van der Waals surface area contributed by atoms with Crippen molar-refractivity contribution in [1.82, 2.24) is 0 Å². The van der Waals surface area contributed by atoms with Crippen LogP contribution in [0, 0.1) is 0 Å². The quantitative estimate of drug-likeness (QED) is 0.589. The summed E-state index contributed by atoms with van der Waals surface area (Å²) in [6.45, 7) is 0.826. The van der Waals surface area contributed by atoms with Gasteiger partial charge in [-0.1, -0.05) is 52.3 Å². The molecule has 0 aliphatic carbocycles. The van der Waals surface area contributed by atoms with Crippen LogP contribution in [-0.4, -0.2) is 13.7 Å². The molecule has 0 radical (unpaired) electrons. The van der Waals surface area contributed by atoms with Crippen molar-refractivity contribution < 1.29 is 4.74 Å². The van der Waals surface area contributed by atoms with Crippen LogP contribution in [0.5, 0.6) is 0 Å². The first-order valence-corrected chi connectivity index (χ1v) is 7.02. The molecule has 17 heavy (non-hydrogen) atoms. The van der Waals surface area contributed by atoms with Crippen molar-refractivity contribution >= 4 is 26.7 Å². The number of ether oxygens (including phenoxy) is 1. The second kappa shape index (κ2) is 6.18. The maximum Gasteiger partial charge on any atom is 0.0465 e. The minimum Gasteiger partial charge on any atom is -0.385 e. The van der Waals surface area contributed by atoms with Gasteiger partial charge in [0.1, 0.15) is 0 Å². The number of fused-ring (bicyclic) bond motifs is 1. The Kier molecular flexibility index (Phi) is 4.57. The smallest absolute Gasteiger partial charge is 0.0465 e. The molecule has 0 unspecified atom stereocenters. The van der Waals surface area contributed by atoms with Gasteiger partial charge in [-0.25, -0.2) is 0 Å². The molecule has 0 amide bonds. The Bertz CT molecular complexity index is 493. The van der Waals surface area contributed by atoms with E-state index in [0.29, 0.717) is 0 Å². The van der Waals surface area contributed by atoms with Gasteiger partial charge in [-0.05, 0) is 34.7 Å². The molecule has 0 atom stereocenters. The highest BCUT2D eigenvalue weighted by Crippen LogP contribution is 2.23. The van der Waals surface area contributed by atoms with Crippen molar-refractivity contribution in [3.63, 3.8) is 0 Å². The third-order valence-corrected chi connectivity index (χ3v) is 3.60. The Labute approximate surface area is 111 Å². The average molecular weight is 293 g/mol. The predicted molar refractivity (Wildman–Crippen MR) is 76.8 cm³/mol. The average Bonchev–Trinajstić information content (AvgIpc) is 2.38. The number of alkyl halides is 1. The molecule has 0 saturated carbocycles. The van der Waals surface area contributed by atoms with Crippen molar-refractivity contribution in [2.24, 2.45) is 0 Å². The molecule has 2 heteroatoms. The van der Waals surface area contributed by atoms with Crippen LogP contribution in [0.4, 0.5) is 0 Å². The van der Waals surface area contributed by atoms with Crippen LogP contribution in [-0.2, 0) is 16.5 Å². The highest BCUT2D eigenvalue weighted by Gasteiger charge is 2.03. The van der Waals surface area contributed by atoms with E-state index in [1.807, 2.05) is 0 Å². The fourth-order valence-corrected chi connectivity index (χ4v) is 2.47. The van der Waals surface area contributed by atoms with Gasteiger partial charge in [0.05, 0.1) is 0 Å². The van der Waals surface area contributed by atoms with Crippen LogP contribution in [0.3, 0.4) is 0 Å². The number of halogens is 1. The van der Waals surface area contributed by atoms with E-state index in [1.54, 1.807) is 7.11 Å². The van der Waals surface area contributed by atoms with Gasteiger partial charge in [0, 0.05) is 19.0 Å². The highest BCUT2D eigenvalue weighted by atomic mass is 79.9. The lowest BCUT2D eigenvalue weighted by Gasteiger charge is -2.09. The minimum absolute atomic E-state index is 0.826. The van der Waals surface area contributed by atoms with Crippen molar-refractivity contribution in [3.05, 3.63) is 47.5 Å². The molecule has 1 nitrogen and oxygen atoms in total. The van der Waals surface area contributed by atoms with Gasteiger partial charge >= 0.3 is 0 Å². The summed E-state index contributed by atoms with van der Waals surface area (Å²) >= 11 is 3.53. The molecular weight excluding hydrogens is 276 g/mol. The van der Waals surface area contributed by atoms with Crippen molar-refractivity contribution in [1.29, 1.82) is 0 Å². The lowest BCUT2D eigenvalue weighted by atomic mass is 9.98. The molecule has 0 aromatic heterocycles. The predicted octanol–water partition coefficient (Wildman–Crippen LogP) is 4.31. The van der Waals surface area contributed by atoms with Crippen LogP contribution in [0.2, 0.25) is 0 Å². The SMILES string of the molecule is COCCCc1cc(CBr)cc2ccccc12.